The number of benzene rings is 1. The second-order valence-corrected chi connectivity index (χ2v) is 8.79. The molecule has 1 aliphatic rings. The van der Waals surface area contributed by atoms with Crippen LogP contribution >= 0.6 is 24.2 Å². The first-order chi connectivity index (χ1) is 11.4. The number of rotatable bonds is 7. The lowest BCUT2D eigenvalue weighted by Crippen LogP contribution is -2.36. The molecule has 142 valence electrons. The lowest BCUT2D eigenvalue weighted by Gasteiger charge is -2.26. The summed E-state index contributed by atoms with van der Waals surface area (Å²) < 4.78 is 26.9. The maximum atomic E-state index is 12.7. The molecule has 1 saturated heterocycles. The Balaban J connectivity index is 0.00000312. The van der Waals surface area contributed by atoms with E-state index in [1.165, 1.54) is 10.4 Å². The number of sulfonamides is 1. The van der Waals surface area contributed by atoms with E-state index < -0.39 is 16.1 Å². The number of piperidine rings is 1. The molecule has 0 radical (unpaired) electrons. The number of nitrogens with two attached hydrogens (primary N) is 1. The highest BCUT2D eigenvalue weighted by atomic mass is 35.5. The summed E-state index contributed by atoms with van der Waals surface area (Å²) in [5.74, 6) is 0.509. The fraction of sp³-hybridized carbons (Fsp3) is 0.562. The maximum absolute atomic E-state index is 12.7. The topological polar surface area (TPSA) is 92.5 Å². The largest absolute Gasteiger partial charge is 0.325 e. The van der Waals surface area contributed by atoms with Gasteiger partial charge >= 0.3 is 0 Å². The Labute approximate surface area is 160 Å². The first kappa shape index (κ1) is 22.2. The van der Waals surface area contributed by atoms with Gasteiger partial charge in [-0.1, -0.05) is 12.5 Å². The molecule has 1 amide bonds. The SMILES string of the molecule is CSCC[C@H](N)C(=O)Nc1cccc(S(=O)(=O)N2CCCCC2)c1.Cl. The van der Waals surface area contributed by atoms with Crippen LogP contribution in [0.1, 0.15) is 25.7 Å². The molecule has 1 aliphatic heterocycles. The Bertz CT molecular complexity index is 664. The van der Waals surface area contributed by atoms with Gasteiger partial charge in [0.2, 0.25) is 15.9 Å². The van der Waals surface area contributed by atoms with E-state index in [4.69, 9.17) is 5.73 Å². The predicted molar refractivity (Wildman–Crippen MR) is 106 cm³/mol. The van der Waals surface area contributed by atoms with E-state index in [1.54, 1.807) is 30.0 Å². The van der Waals surface area contributed by atoms with Gasteiger partial charge in [-0.2, -0.15) is 16.1 Å². The molecule has 0 saturated carbocycles. The van der Waals surface area contributed by atoms with E-state index in [1.807, 2.05) is 6.26 Å². The monoisotopic (exact) mass is 407 g/mol. The molecule has 0 bridgehead atoms. The quantitative estimate of drug-likeness (QED) is 0.723. The molecule has 1 aromatic carbocycles. The molecule has 2 rings (SSSR count). The van der Waals surface area contributed by atoms with E-state index in [-0.39, 0.29) is 23.2 Å². The van der Waals surface area contributed by atoms with Crippen molar-refractivity contribution in [3.8, 4) is 0 Å². The normalized spacial score (nSPS) is 16.7. The van der Waals surface area contributed by atoms with Crippen LogP contribution in [0.3, 0.4) is 0 Å². The van der Waals surface area contributed by atoms with Gasteiger partial charge < -0.3 is 11.1 Å². The van der Waals surface area contributed by atoms with Gasteiger partial charge in [0.25, 0.3) is 0 Å². The minimum Gasteiger partial charge on any atom is -0.325 e. The Hall–Kier alpha value is -0.800. The Kier molecular flexibility index (Phi) is 9.23. The summed E-state index contributed by atoms with van der Waals surface area (Å²) in [5.41, 5.74) is 6.30. The number of nitrogens with one attached hydrogen (secondary N) is 1. The van der Waals surface area contributed by atoms with Crippen molar-refractivity contribution in [1.82, 2.24) is 4.31 Å². The zero-order valence-corrected chi connectivity index (χ0v) is 16.8. The molecule has 1 heterocycles. The van der Waals surface area contributed by atoms with Gasteiger partial charge in [0.1, 0.15) is 0 Å². The third kappa shape index (κ3) is 6.14. The Morgan fingerprint density at radius 1 is 1.32 bits per heavy atom. The van der Waals surface area contributed by atoms with E-state index in [0.29, 0.717) is 25.2 Å². The fourth-order valence-corrected chi connectivity index (χ4v) is 4.65. The van der Waals surface area contributed by atoms with Crippen molar-refractivity contribution in [1.29, 1.82) is 0 Å². The second-order valence-electron chi connectivity index (χ2n) is 5.87. The van der Waals surface area contributed by atoms with Crippen LogP contribution in [0, 0.1) is 0 Å². The van der Waals surface area contributed by atoms with Gasteiger partial charge in [-0.05, 0) is 49.5 Å². The van der Waals surface area contributed by atoms with Crippen LogP contribution in [0.2, 0.25) is 0 Å². The smallest absolute Gasteiger partial charge is 0.243 e. The molecule has 0 aromatic heterocycles. The van der Waals surface area contributed by atoms with Gasteiger partial charge in [0, 0.05) is 18.8 Å². The molecular weight excluding hydrogens is 382 g/mol. The molecule has 6 nitrogen and oxygen atoms in total. The molecular formula is C16H26ClN3O3S2. The van der Waals surface area contributed by atoms with E-state index in [2.05, 4.69) is 5.32 Å². The average molecular weight is 408 g/mol. The van der Waals surface area contributed by atoms with E-state index in [0.717, 1.165) is 25.0 Å². The highest BCUT2D eigenvalue weighted by Crippen LogP contribution is 2.23. The highest BCUT2D eigenvalue weighted by molar-refractivity contribution is 7.98. The van der Waals surface area contributed by atoms with Gasteiger partial charge in [-0.15, -0.1) is 12.4 Å². The summed E-state index contributed by atoms with van der Waals surface area (Å²) in [6.07, 6.45) is 5.38. The number of anilines is 1. The number of thioether (sulfide) groups is 1. The summed E-state index contributed by atoms with van der Waals surface area (Å²) in [4.78, 5) is 12.3. The second kappa shape index (κ2) is 10.4. The number of carbonyl (C=O) groups is 1. The summed E-state index contributed by atoms with van der Waals surface area (Å²) in [5, 5.41) is 2.71. The van der Waals surface area contributed by atoms with Gasteiger partial charge in [0.05, 0.1) is 10.9 Å². The minimum absolute atomic E-state index is 0. The number of nitrogens with zero attached hydrogens (tertiary/aromatic N) is 1. The minimum atomic E-state index is -3.51. The third-order valence-corrected chi connectivity index (χ3v) is 6.56. The first-order valence-corrected chi connectivity index (χ1v) is 10.9. The van der Waals surface area contributed by atoms with Crippen LogP contribution in [0.5, 0.6) is 0 Å². The number of amides is 1. The molecule has 0 aliphatic carbocycles. The summed E-state index contributed by atoms with van der Waals surface area (Å²) in [7, 11) is -3.51. The summed E-state index contributed by atoms with van der Waals surface area (Å²) in [6.45, 7) is 1.11. The van der Waals surface area contributed by atoms with E-state index in [9.17, 15) is 13.2 Å². The van der Waals surface area contributed by atoms with Crippen molar-refractivity contribution in [2.45, 2.75) is 36.6 Å². The Morgan fingerprint density at radius 2 is 2.00 bits per heavy atom. The molecule has 25 heavy (non-hydrogen) atoms. The lowest BCUT2D eigenvalue weighted by molar-refractivity contribution is -0.117. The number of hydrogen-bond donors (Lipinski definition) is 2. The zero-order chi connectivity index (χ0) is 17.6. The lowest BCUT2D eigenvalue weighted by atomic mass is 10.2. The van der Waals surface area contributed by atoms with Crippen LogP contribution in [0.15, 0.2) is 29.2 Å². The standard InChI is InChI=1S/C16H25N3O3S2.ClH/c1-23-11-8-15(17)16(20)18-13-6-5-7-14(12-13)24(21,22)19-9-3-2-4-10-19;/h5-7,12,15H,2-4,8-11,17H2,1H3,(H,18,20);1H/t15-;/m0./s1. The molecule has 1 aromatic rings. The van der Waals surface area contributed by atoms with Crippen LogP contribution in [0.25, 0.3) is 0 Å². The van der Waals surface area contributed by atoms with E-state index >= 15 is 0 Å². The van der Waals surface area contributed by atoms with Gasteiger partial charge in [0.15, 0.2) is 0 Å². The Morgan fingerprint density at radius 3 is 2.64 bits per heavy atom. The van der Waals surface area contributed by atoms with Gasteiger partial charge in [-0.25, -0.2) is 8.42 Å². The fourth-order valence-electron chi connectivity index (χ4n) is 2.60. The first-order valence-electron chi connectivity index (χ1n) is 8.11. The van der Waals surface area contributed by atoms with Crippen molar-refractivity contribution in [2.75, 3.05) is 30.4 Å². The van der Waals surface area contributed by atoms with Crippen molar-refractivity contribution >= 4 is 45.8 Å². The van der Waals surface area contributed by atoms with Gasteiger partial charge in [-0.3, -0.25) is 4.79 Å². The number of hydrogen-bond acceptors (Lipinski definition) is 5. The summed E-state index contributed by atoms with van der Waals surface area (Å²) in [6, 6.07) is 5.78. The maximum Gasteiger partial charge on any atom is 0.243 e. The summed E-state index contributed by atoms with van der Waals surface area (Å²) >= 11 is 1.63. The number of carbonyl (C=O) groups excluding carboxylic acids is 1. The molecule has 9 heteroatoms. The van der Waals surface area contributed by atoms with Crippen LogP contribution < -0.4 is 11.1 Å². The van der Waals surface area contributed by atoms with Crippen molar-refractivity contribution < 1.29 is 13.2 Å². The van der Waals surface area contributed by atoms with Crippen molar-refractivity contribution in [3.05, 3.63) is 24.3 Å². The molecule has 0 spiro atoms. The zero-order valence-electron chi connectivity index (χ0n) is 14.3. The average Bonchev–Trinajstić information content (AvgIpc) is 2.60. The molecule has 1 fully saturated rings. The molecule has 0 unspecified atom stereocenters. The highest BCUT2D eigenvalue weighted by Gasteiger charge is 2.26. The van der Waals surface area contributed by atoms with Crippen LogP contribution in [-0.2, 0) is 14.8 Å². The predicted octanol–water partition coefficient (Wildman–Crippen LogP) is 2.30. The van der Waals surface area contributed by atoms with Crippen LogP contribution in [0.4, 0.5) is 5.69 Å². The van der Waals surface area contributed by atoms with Crippen LogP contribution in [-0.4, -0.2) is 49.8 Å². The van der Waals surface area contributed by atoms with Crippen molar-refractivity contribution in [2.24, 2.45) is 5.73 Å². The third-order valence-electron chi connectivity index (χ3n) is 4.02. The van der Waals surface area contributed by atoms with Crippen molar-refractivity contribution in [3.63, 3.8) is 0 Å². The molecule has 3 N–H and O–H groups in total. The number of halogens is 1. The molecule has 1 atom stereocenters.